The SMILES string of the molecule is O=C(Nc1ccc(C(=O)Nc2ccccc2-n2cccn2)cc1)NC1CC1. The molecule has 0 atom stereocenters. The van der Waals surface area contributed by atoms with Crippen LogP contribution in [0.15, 0.2) is 67.0 Å². The molecular formula is C20H19N5O2. The van der Waals surface area contributed by atoms with Crippen molar-refractivity contribution in [2.24, 2.45) is 0 Å². The lowest BCUT2D eigenvalue weighted by molar-refractivity contribution is 0.102. The number of carbonyl (C=O) groups is 2. The molecule has 1 heterocycles. The van der Waals surface area contributed by atoms with Gasteiger partial charge in [0.2, 0.25) is 0 Å². The molecule has 136 valence electrons. The number of nitrogens with zero attached hydrogens (tertiary/aromatic N) is 2. The molecule has 0 radical (unpaired) electrons. The number of hydrogen-bond acceptors (Lipinski definition) is 3. The number of aromatic nitrogens is 2. The van der Waals surface area contributed by atoms with Crippen LogP contribution in [0.5, 0.6) is 0 Å². The maximum atomic E-state index is 12.6. The zero-order valence-corrected chi connectivity index (χ0v) is 14.6. The van der Waals surface area contributed by atoms with Crippen molar-refractivity contribution >= 4 is 23.3 Å². The molecule has 1 aliphatic rings. The summed E-state index contributed by atoms with van der Waals surface area (Å²) in [5.41, 5.74) is 2.59. The van der Waals surface area contributed by atoms with Crippen molar-refractivity contribution in [1.29, 1.82) is 0 Å². The summed E-state index contributed by atoms with van der Waals surface area (Å²) in [6, 6.07) is 16.1. The van der Waals surface area contributed by atoms with Gasteiger partial charge in [-0.3, -0.25) is 4.79 Å². The predicted molar refractivity (Wildman–Crippen MR) is 103 cm³/mol. The summed E-state index contributed by atoms with van der Waals surface area (Å²) < 4.78 is 1.70. The van der Waals surface area contributed by atoms with Crippen LogP contribution in [-0.4, -0.2) is 27.8 Å². The first-order valence-electron chi connectivity index (χ1n) is 8.77. The van der Waals surface area contributed by atoms with Crippen molar-refractivity contribution in [1.82, 2.24) is 15.1 Å². The lowest BCUT2D eigenvalue weighted by Gasteiger charge is -2.11. The number of amides is 3. The first-order chi connectivity index (χ1) is 13.2. The number of anilines is 2. The summed E-state index contributed by atoms with van der Waals surface area (Å²) in [5.74, 6) is -0.233. The van der Waals surface area contributed by atoms with E-state index < -0.39 is 0 Å². The summed E-state index contributed by atoms with van der Waals surface area (Å²) in [7, 11) is 0. The topological polar surface area (TPSA) is 88.1 Å². The van der Waals surface area contributed by atoms with Crippen molar-refractivity contribution in [2.75, 3.05) is 10.6 Å². The highest BCUT2D eigenvalue weighted by Gasteiger charge is 2.23. The standard InChI is InChI=1S/C20H19N5O2/c26-19(24-17-4-1-2-5-18(17)25-13-3-12-21-25)14-6-8-15(9-7-14)22-20(27)23-16-10-11-16/h1-9,12-13,16H,10-11H2,(H,24,26)(H2,22,23,27). The van der Waals surface area contributed by atoms with Gasteiger partial charge in [-0.05, 0) is 55.3 Å². The minimum Gasteiger partial charge on any atom is -0.335 e. The lowest BCUT2D eigenvalue weighted by atomic mass is 10.2. The molecule has 1 aromatic heterocycles. The Morgan fingerprint density at radius 3 is 2.44 bits per heavy atom. The molecule has 27 heavy (non-hydrogen) atoms. The molecule has 2 aromatic carbocycles. The summed E-state index contributed by atoms with van der Waals surface area (Å²) in [4.78, 5) is 24.3. The van der Waals surface area contributed by atoms with E-state index in [9.17, 15) is 9.59 Å². The molecule has 0 saturated heterocycles. The number of para-hydroxylation sites is 2. The third-order valence-corrected chi connectivity index (χ3v) is 4.22. The Labute approximate surface area is 156 Å². The van der Waals surface area contributed by atoms with Crippen LogP contribution in [0.25, 0.3) is 5.69 Å². The van der Waals surface area contributed by atoms with Crippen molar-refractivity contribution in [2.45, 2.75) is 18.9 Å². The monoisotopic (exact) mass is 361 g/mol. The predicted octanol–water partition coefficient (Wildman–Crippen LogP) is 3.41. The Kier molecular flexibility index (Phi) is 4.57. The maximum Gasteiger partial charge on any atom is 0.319 e. The third kappa shape index (κ3) is 4.14. The van der Waals surface area contributed by atoms with Crippen LogP contribution in [0.2, 0.25) is 0 Å². The van der Waals surface area contributed by atoms with Gasteiger partial charge in [0.15, 0.2) is 0 Å². The molecule has 0 spiro atoms. The van der Waals surface area contributed by atoms with Crippen LogP contribution in [0.4, 0.5) is 16.2 Å². The highest BCUT2D eigenvalue weighted by molar-refractivity contribution is 6.05. The molecule has 3 N–H and O–H groups in total. The number of rotatable bonds is 5. The van der Waals surface area contributed by atoms with E-state index in [2.05, 4.69) is 21.0 Å². The van der Waals surface area contributed by atoms with Gasteiger partial charge < -0.3 is 16.0 Å². The molecule has 7 heteroatoms. The molecule has 0 unspecified atom stereocenters. The molecule has 0 bridgehead atoms. The van der Waals surface area contributed by atoms with Gasteiger partial charge in [0, 0.05) is 29.7 Å². The fourth-order valence-electron chi connectivity index (χ4n) is 2.67. The average Bonchev–Trinajstić information content (AvgIpc) is 3.31. The molecule has 0 aliphatic heterocycles. The van der Waals surface area contributed by atoms with E-state index >= 15 is 0 Å². The van der Waals surface area contributed by atoms with Crippen LogP contribution in [0.1, 0.15) is 23.2 Å². The van der Waals surface area contributed by atoms with E-state index in [0.717, 1.165) is 18.5 Å². The van der Waals surface area contributed by atoms with Crippen LogP contribution in [0.3, 0.4) is 0 Å². The molecule has 4 rings (SSSR count). The Morgan fingerprint density at radius 1 is 0.963 bits per heavy atom. The van der Waals surface area contributed by atoms with Crippen molar-refractivity contribution < 1.29 is 9.59 Å². The van der Waals surface area contributed by atoms with Crippen molar-refractivity contribution in [3.05, 3.63) is 72.6 Å². The smallest absolute Gasteiger partial charge is 0.319 e. The van der Waals surface area contributed by atoms with Crippen molar-refractivity contribution in [3.63, 3.8) is 0 Å². The Bertz CT molecular complexity index is 947. The minimum atomic E-state index is -0.233. The molecule has 3 amide bonds. The van der Waals surface area contributed by atoms with Gasteiger partial charge >= 0.3 is 6.03 Å². The highest BCUT2D eigenvalue weighted by atomic mass is 16.2. The Morgan fingerprint density at radius 2 is 1.74 bits per heavy atom. The van der Waals surface area contributed by atoms with Gasteiger partial charge in [0.1, 0.15) is 0 Å². The minimum absolute atomic E-state index is 0.220. The second-order valence-corrected chi connectivity index (χ2v) is 6.37. The summed E-state index contributed by atoms with van der Waals surface area (Å²) in [6.45, 7) is 0. The van der Waals surface area contributed by atoms with E-state index in [1.54, 1.807) is 35.1 Å². The van der Waals surface area contributed by atoms with Crippen LogP contribution in [-0.2, 0) is 0 Å². The van der Waals surface area contributed by atoms with Crippen molar-refractivity contribution in [3.8, 4) is 5.69 Å². The average molecular weight is 361 g/mol. The fraction of sp³-hybridized carbons (Fsp3) is 0.150. The van der Waals surface area contributed by atoms with Gasteiger partial charge in [0.05, 0.1) is 11.4 Å². The molecule has 1 saturated carbocycles. The zero-order chi connectivity index (χ0) is 18.6. The van der Waals surface area contributed by atoms with E-state index in [1.807, 2.05) is 36.5 Å². The van der Waals surface area contributed by atoms with Crippen LogP contribution >= 0.6 is 0 Å². The van der Waals surface area contributed by atoms with Crippen LogP contribution < -0.4 is 16.0 Å². The zero-order valence-electron chi connectivity index (χ0n) is 14.6. The first kappa shape index (κ1) is 16.8. The number of benzene rings is 2. The van der Waals surface area contributed by atoms with Gasteiger partial charge in [-0.2, -0.15) is 5.10 Å². The number of carbonyl (C=O) groups excluding carboxylic acids is 2. The van der Waals surface area contributed by atoms with E-state index in [0.29, 0.717) is 23.0 Å². The third-order valence-electron chi connectivity index (χ3n) is 4.22. The van der Waals surface area contributed by atoms with Gasteiger partial charge in [-0.15, -0.1) is 0 Å². The summed E-state index contributed by atoms with van der Waals surface area (Å²) >= 11 is 0. The lowest BCUT2D eigenvalue weighted by Crippen LogP contribution is -2.30. The number of urea groups is 1. The van der Waals surface area contributed by atoms with Gasteiger partial charge in [0.25, 0.3) is 5.91 Å². The fourth-order valence-corrected chi connectivity index (χ4v) is 2.67. The number of nitrogens with one attached hydrogen (secondary N) is 3. The molecule has 7 nitrogen and oxygen atoms in total. The molecule has 1 aliphatic carbocycles. The maximum absolute atomic E-state index is 12.6. The quantitative estimate of drug-likeness (QED) is 0.651. The molecule has 3 aromatic rings. The molecular weight excluding hydrogens is 342 g/mol. The van der Waals surface area contributed by atoms with E-state index in [-0.39, 0.29) is 11.9 Å². The summed E-state index contributed by atoms with van der Waals surface area (Å²) in [6.07, 6.45) is 5.57. The Balaban J connectivity index is 1.43. The first-order valence-corrected chi connectivity index (χ1v) is 8.77. The second kappa shape index (κ2) is 7.33. The summed E-state index contributed by atoms with van der Waals surface area (Å²) in [5, 5.41) is 12.7. The van der Waals surface area contributed by atoms with Gasteiger partial charge in [-0.25, -0.2) is 9.48 Å². The van der Waals surface area contributed by atoms with Crippen LogP contribution in [0, 0.1) is 0 Å². The van der Waals surface area contributed by atoms with E-state index in [4.69, 9.17) is 0 Å². The Hall–Kier alpha value is -3.61. The second-order valence-electron chi connectivity index (χ2n) is 6.37. The number of hydrogen-bond donors (Lipinski definition) is 3. The molecule has 1 fully saturated rings. The largest absolute Gasteiger partial charge is 0.335 e. The van der Waals surface area contributed by atoms with Gasteiger partial charge in [-0.1, -0.05) is 12.1 Å². The van der Waals surface area contributed by atoms with E-state index in [1.165, 1.54) is 0 Å². The highest BCUT2D eigenvalue weighted by Crippen LogP contribution is 2.21. The normalized spacial score (nSPS) is 13.0.